The number of nitrogens with zero attached hydrogens (tertiary/aromatic N) is 1. The van der Waals surface area contributed by atoms with E-state index in [1.54, 1.807) is 0 Å². The van der Waals surface area contributed by atoms with Gasteiger partial charge in [0, 0.05) is 6.26 Å². The smallest absolute Gasteiger partial charge is 0.344 e. The van der Waals surface area contributed by atoms with Gasteiger partial charge in [0.25, 0.3) is 0 Å². The molecule has 0 heterocycles. The van der Waals surface area contributed by atoms with Crippen molar-refractivity contribution in [2.45, 2.75) is 31.1 Å². The van der Waals surface area contributed by atoms with Crippen LogP contribution >= 0.6 is 0 Å². The number of esters is 1. The first-order valence-corrected chi connectivity index (χ1v) is 8.21. The van der Waals surface area contributed by atoms with Crippen LogP contribution in [0.15, 0.2) is 17.0 Å². The average Bonchev–Trinajstić information content (AvgIpc) is 2.41. The highest BCUT2D eigenvalue weighted by Gasteiger charge is 2.32. The molecule has 0 amide bonds. The monoisotopic (exact) mass is 315 g/mol. The van der Waals surface area contributed by atoms with Gasteiger partial charge in [0.2, 0.25) is 0 Å². The van der Waals surface area contributed by atoms with Crippen molar-refractivity contribution in [3.05, 3.63) is 33.4 Å². The lowest BCUT2D eigenvalue weighted by Crippen LogP contribution is -2.13. The number of carbonyl (C=O) groups excluding carboxylic acids is 1. The maximum atomic E-state index is 11.9. The predicted octanol–water partition coefficient (Wildman–Crippen LogP) is 2.13. The van der Waals surface area contributed by atoms with Crippen LogP contribution in [0.4, 0.5) is 5.69 Å². The van der Waals surface area contributed by atoms with Crippen LogP contribution in [0, 0.1) is 10.1 Å². The molecule has 0 saturated carbocycles. The number of carbonyl (C=O) groups is 1. The molecule has 0 aliphatic carbocycles. The van der Waals surface area contributed by atoms with E-state index in [1.807, 2.05) is 6.92 Å². The van der Waals surface area contributed by atoms with E-state index >= 15 is 0 Å². The van der Waals surface area contributed by atoms with Crippen LogP contribution in [0.25, 0.3) is 0 Å². The molecular formula is C13H17NO6S. The molecule has 0 bridgehead atoms. The van der Waals surface area contributed by atoms with Crippen molar-refractivity contribution < 1.29 is 22.9 Å². The lowest BCUT2D eigenvalue weighted by molar-refractivity contribution is -0.388. The first-order valence-electron chi connectivity index (χ1n) is 6.32. The van der Waals surface area contributed by atoms with Crippen LogP contribution in [0.2, 0.25) is 0 Å². The molecule has 0 atom stereocenters. The number of rotatable bonds is 6. The van der Waals surface area contributed by atoms with Crippen molar-refractivity contribution in [3.8, 4) is 0 Å². The molecule has 1 rings (SSSR count). The number of hydrogen-bond acceptors (Lipinski definition) is 6. The fourth-order valence-corrected chi connectivity index (χ4v) is 3.23. The zero-order chi connectivity index (χ0) is 16.2. The Morgan fingerprint density at radius 3 is 2.43 bits per heavy atom. The number of methoxy groups -OCH3 is 1. The summed E-state index contributed by atoms with van der Waals surface area (Å²) < 4.78 is 28.4. The average molecular weight is 315 g/mol. The van der Waals surface area contributed by atoms with E-state index in [9.17, 15) is 23.3 Å². The Balaban J connectivity index is 3.71. The van der Waals surface area contributed by atoms with E-state index in [2.05, 4.69) is 4.74 Å². The summed E-state index contributed by atoms with van der Waals surface area (Å²) in [5.74, 6) is -0.936. The summed E-state index contributed by atoms with van der Waals surface area (Å²) in [6.45, 7) is 1.93. The summed E-state index contributed by atoms with van der Waals surface area (Å²) >= 11 is 0. The van der Waals surface area contributed by atoms with Gasteiger partial charge in [-0.15, -0.1) is 0 Å². The van der Waals surface area contributed by atoms with Crippen LogP contribution in [0.5, 0.6) is 0 Å². The maximum Gasteiger partial charge on any atom is 0.344 e. The van der Waals surface area contributed by atoms with Crippen LogP contribution < -0.4 is 0 Å². The fraction of sp³-hybridized carbons (Fsp3) is 0.462. The molecule has 8 heteroatoms. The van der Waals surface area contributed by atoms with E-state index in [4.69, 9.17) is 0 Å². The van der Waals surface area contributed by atoms with Crippen LogP contribution in [0.1, 0.15) is 35.7 Å². The molecule has 1 aromatic carbocycles. The number of unbranched alkanes of at least 4 members (excludes halogenated alkanes) is 1. The maximum absolute atomic E-state index is 11.9. The van der Waals surface area contributed by atoms with Crippen LogP contribution in [0.3, 0.4) is 0 Å². The Kier molecular flexibility index (Phi) is 5.42. The second-order valence-electron chi connectivity index (χ2n) is 4.57. The number of benzene rings is 1. The Morgan fingerprint density at radius 1 is 1.38 bits per heavy atom. The minimum atomic E-state index is -3.85. The van der Waals surface area contributed by atoms with Gasteiger partial charge in [-0.3, -0.25) is 10.1 Å². The molecule has 21 heavy (non-hydrogen) atoms. The molecule has 0 aliphatic heterocycles. The van der Waals surface area contributed by atoms with Crippen LogP contribution in [-0.2, 0) is 21.0 Å². The summed E-state index contributed by atoms with van der Waals surface area (Å²) in [4.78, 5) is 21.6. The number of sulfone groups is 1. The number of nitro groups is 1. The summed E-state index contributed by atoms with van der Waals surface area (Å²) in [5.41, 5.74) is -0.722. The standard InChI is InChI=1S/C13H17NO6S/c1-4-5-6-9-7-8-10(13(15)20-2)11(14(16)17)12(9)21(3,18)19/h7-8H,4-6H2,1-3H3. The molecule has 0 aliphatic rings. The Bertz CT molecular complexity index is 665. The van der Waals surface area contributed by atoms with Crippen molar-refractivity contribution in [3.63, 3.8) is 0 Å². The summed E-state index contributed by atoms with van der Waals surface area (Å²) in [5, 5.41) is 11.3. The highest BCUT2D eigenvalue weighted by molar-refractivity contribution is 7.91. The molecule has 0 N–H and O–H groups in total. The first-order chi connectivity index (χ1) is 9.73. The van der Waals surface area contributed by atoms with Gasteiger partial charge < -0.3 is 4.74 Å². The molecule has 0 unspecified atom stereocenters. The Morgan fingerprint density at radius 2 is 2.00 bits per heavy atom. The molecule has 7 nitrogen and oxygen atoms in total. The minimum Gasteiger partial charge on any atom is -0.465 e. The zero-order valence-electron chi connectivity index (χ0n) is 12.1. The van der Waals surface area contributed by atoms with Gasteiger partial charge in [-0.2, -0.15) is 0 Å². The van der Waals surface area contributed by atoms with Crippen LogP contribution in [-0.4, -0.2) is 32.7 Å². The molecule has 0 spiro atoms. The van der Waals surface area contributed by atoms with Crippen molar-refractivity contribution in [2.75, 3.05) is 13.4 Å². The summed E-state index contributed by atoms with van der Waals surface area (Å²) in [6.07, 6.45) is 2.79. The summed E-state index contributed by atoms with van der Waals surface area (Å²) in [7, 11) is -2.77. The van der Waals surface area contributed by atoms with Gasteiger partial charge in [-0.05, 0) is 24.5 Å². The molecule has 0 fully saturated rings. The normalized spacial score (nSPS) is 11.2. The lowest BCUT2D eigenvalue weighted by atomic mass is 10.0. The molecule has 0 radical (unpaired) electrons. The van der Waals surface area contributed by atoms with E-state index in [-0.39, 0.29) is 5.56 Å². The largest absolute Gasteiger partial charge is 0.465 e. The second-order valence-corrected chi connectivity index (χ2v) is 6.53. The number of ether oxygens (including phenoxy) is 1. The van der Waals surface area contributed by atoms with Gasteiger partial charge in [0.05, 0.1) is 12.0 Å². The molecule has 116 valence electrons. The van der Waals surface area contributed by atoms with E-state index < -0.39 is 31.3 Å². The van der Waals surface area contributed by atoms with Crippen molar-refractivity contribution in [1.82, 2.24) is 0 Å². The van der Waals surface area contributed by atoms with E-state index in [0.29, 0.717) is 18.4 Å². The third-order valence-corrected chi connectivity index (χ3v) is 4.17. The highest BCUT2D eigenvalue weighted by atomic mass is 32.2. The van der Waals surface area contributed by atoms with Crippen molar-refractivity contribution >= 4 is 21.5 Å². The van der Waals surface area contributed by atoms with Gasteiger partial charge in [-0.1, -0.05) is 19.4 Å². The Hall–Kier alpha value is -1.96. The van der Waals surface area contributed by atoms with E-state index in [1.165, 1.54) is 12.1 Å². The minimum absolute atomic E-state index is 0.346. The molecule has 0 aromatic heterocycles. The second kappa shape index (κ2) is 6.66. The quantitative estimate of drug-likeness (QED) is 0.452. The van der Waals surface area contributed by atoms with Gasteiger partial charge in [0.15, 0.2) is 9.84 Å². The number of aryl methyl sites for hydroxylation is 1. The first kappa shape index (κ1) is 17.1. The number of nitro benzene ring substituents is 1. The SMILES string of the molecule is CCCCc1ccc(C(=O)OC)c([N+](=O)[O-])c1S(C)(=O)=O. The van der Waals surface area contributed by atoms with Gasteiger partial charge >= 0.3 is 11.7 Å². The topological polar surface area (TPSA) is 104 Å². The van der Waals surface area contributed by atoms with E-state index in [0.717, 1.165) is 19.8 Å². The molecular weight excluding hydrogens is 298 g/mol. The van der Waals surface area contributed by atoms with Crippen molar-refractivity contribution in [1.29, 1.82) is 0 Å². The Labute approximate surface area is 123 Å². The lowest BCUT2D eigenvalue weighted by Gasteiger charge is -2.11. The zero-order valence-corrected chi connectivity index (χ0v) is 12.9. The van der Waals surface area contributed by atoms with Gasteiger partial charge in [-0.25, -0.2) is 13.2 Å². The number of hydrogen-bond donors (Lipinski definition) is 0. The van der Waals surface area contributed by atoms with Crippen molar-refractivity contribution in [2.24, 2.45) is 0 Å². The van der Waals surface area contributed by atoms with Gasteiger partial charge in [0.1, 0.15) is 10.5 Å². The third-order valence-electron chi connectivity index (χ3n) is 2.97. The molecule has 0 saturated heterocycles. The molecule has 1 aromatic rings. The summed E-state index contributed by atoms with van der Waals surface area (Å²) in [6, 6.07) is 2.68. The predicted molar refractivity (Wildman–Crippen MR) is 76.2 cm³/mol. The highest BCUT2D eigenvalue weighted by Crippen LogP contribution is 2.32. The third kappa shape index (κ3) is 3.78. The fourth-order valence-electron chi connectivity index (χ4n) is 2.05.